The van der Waals surface area contributed by atoms with Crippen LogP contribution in [-0.4, -0.2) is 39.6 Å². The van der Waals surface area contributed by atoms with Gasteiger partial charge in [0.1, 0.15) is 11.3 Å². The molecule has 2 heterocycles. The van der Waals surface area contributed by atoms with Crippen LogP contribution in [0.3, 0.4) is 0 Å². The van der Waals surface area contributed by atoms with Gasteiger partial charge in [0.2, 0.25) is 0 Å². The largest absolute Gasteiger partial charge is 0.496 e. The van der Waals surface area contributed by atoms with Gasteiger partial charge >= 0.3 is 0 Å². The maximum absolute atomic E-state index is 13.3. The normalized spacial score (nSPS) is 12.0. The summed E-state index contributed by atoms with van der Waals surface area (Å²) in [6, 6.07) is 19.4. The quantitative estimate of drug-likeness (QED) is 0.515. The standard InChI is InChI=1S/C23H22N4O2/c1-16(18-11-7-8-12-21(18)29-3)26(2)23(28)19-15-25-27-20(13-14-24-22(19)27)17-9-5-4-6-10-17/h4-16H,1-3H3. The van der Waals surface area contributed by atoms with Crippen molar-refractivity contribution in [3.63, 3.8) is 0 Å². The lowest BCUT2D eigenvalue weighted by molar-refractivity contribution is 0.0743. The number of methoxy groups -OCH3 is 1. The number of aromatic nitrogens is 3. The van der Waals surface area contributed by atoms with E-state index in [1.54, 1.807) is 36.0 Å². The van der Waals surface area contributed by atoms with Crippen LogP contribution in [0, 0.1) is 0 Å². The van der Waals surface area contributed by atoms with Crippen LogP contribution >= 0.6 is 0 Å². The van der Waals surface area contributed by atoms with Crippen LogP contribution in [0.15, 0.2) is 73.1 Å². The van der Waals surface area contributed by atoms with Crippen LogP contribution in [0.5, 0.6) is 5.75 Å². The Morgan fingerprint density at radius 1 is 1.07 bits per heavy atom. The summed E-state index contributed by atoms with van der Waals surface area (Å²) >= 11 is 0. The molecule has 1 amide bonds. The highest BCUT2D eigenvalue weighted by atomic mass is 16.5. The Morgan fingerprint density at radius 2 is 1.79 bits per heavy atom. The van der Waals surface area contributed by atoms with Gasteiger partial charge in [0.25, 0.3) is 5.91 Å². The number of carbonyl (C=O) groups is 1. The van der Waals surface area contributed by atoms with Crippen molar-refractivity contribution in [3.8, 4) is 17.0 Å². The predicted molar refractivity (Wildman–Crippen MR) is 112 cm³/mol. The van der Waals surface area contributed by atoms with Crippen LogP contribution in [0.1, 0.15) is 28.9 Å². The van der Waals surface area contributed by atoms with Crippen LogP contribution in [0.4, 0.5) is 0 Å². The molecule has 6 heteroatoms. The predicted octanol–water partition coefficient (Wildman–Crippen LogP) is 4.24. The number of rotatable bonds is 5. The number of nitrogens with zero attached hydrogens (tertiary/aromatic N) is 4. The number of fused-ring (bicyclic) bond motifs is 1. The fourth-order valence-corrected chi connectivity index (χ4v) is 3.46. The summed E-state index contributed by atoms with van der Waals surface area (Å²) in [5.74, 6) is 0.611. The molecule has 0 aliphatic heterocycles. The zero-order valence-electron chi connectivity index (χ0n) is 16.6. The van der Waals surface area contributed by atoms with Gasteiger partial charge in [-0.05, 0) is 19.1 Å². The van der Waals surface area contributed by atoms with Crippen LogP contribution in [0.25, 0.3) is 16.9 Å². The number of carbonyl (C=O) groups excluding carboxylic acids is 1. The molecule has 2 aromatic heterocycles. The van der Waals surface area contributed by atoms with E-state index in [1.165, 1.54) is 0 Å². The molecule has 2 aromatic carbocycles. The Labute approximate surface area is 169 Å². The van der Waals surface area contributed by atoms with Crippen molar-refractivity contribution in [1.82, 2.24) is 19.5 Å². The summed E-state index contributed by atoms with van der Waals surface area (Å²) in [6.07, 6.45) is 3.29. The van der Waals surface area contributed by atoms with Gasteiger partial charge in [-0.1, -0.05) is 48.5 Å². The molecule has 6 nitrogen and oxygen atoms in total. The van der Waals surface area contributed by atoms with Crippen molar-refractivity contribution in [1.29, 1.82) is 0 Å². The average Bonchev–Trinajstić information content (AvgIpc) is 3.22. The minimum atomic E-state index is -0.175. The highest BCUT2D eigenvalue weighted by Gasteiger charge is 2.25. The maximum atomic E-state index is 13.3. The number of ether oxygens (including phenoxy) is 1. The zero-order chi connectivity index (χ0) is 20.4. The van der Waals surface area contributed by atoms with Gasteiger partial charge in [0.15, 0.2) is 5.65 Å². The summed E-state index contributed by atoms with van der Waals surface area (Å²) in [4.78, 5) is 19.4. The smallest absolute Gasteiger partial charge is 0.259 e. The second kappa shape index (κ2) is 7.75. The van der Waals surface area contributed by atoms with Gasteiger partial charge < -0.3 is 9.64 Å². The third-order valence-corrected chi connectivity index (χ3v) is 5.19. The molecule has 0 saturated heterocycles. The first-order chi connectivity index (χ1) is 14.1. The molecule has 29 heavy (non-hydrogen) atoms. The van der Waals surface area contributed by atoms with Gasteiger partial charge in [0.05, 0.1) is 25.0 Å². The van der Waals surface area contributed by atoms with E-state index in [0.717, 1.165) is 22.6 Å². The van der Waals surface area contributed by atoms with Gasteiger partial charge in [-0.2, -0.15) is 5.10 Å². The Bertz CT molecular complexity index is 1150. The first-order valence-electron chi connectivity index (χ1n) is 9.40. The van der Waals surface area contributed by atoms with Crippen molar-refractivity contribution in [3.05, 3.63) is 84.2 Å². The van der Waals surface area contributed by atoms with Crippen molar-refractivity contribution in [2.75, 3.05) is 14.2 Å². The van der Waals surface area contributed by atoms with E-state index in [-0.39, 0.29) is 11.9 Å². The Hall–Kier alpha value is -3.67. The van der Waals surface area contributed by atoms with Gasteiger partial charge in [-0.25, -0.2) is 9.50 Å². The molecule has 0 bridgehead atoms. The number of hydrogen-bond acceptors (Lipinski definition) is 4. The molecule has 0 saturated carbocycles. The second-order valence-electron chi connectivity index (χ2n) is 6.82. The van der Waals surface area contributed by atoms with Gasteiger partial charge in [0, 0.05) is 24.4 Å². The maximum Gasteiger partial charge on any atom is 0.259 e. The van der Waals surface area contributed by atoms with Crippen molar-refractivity contribution in [2.24, 2.45) is 0 Å². The number of amides is 1. The third-order valence-electron chi connectivity index (χ3n) is 5.19. The molecule has 0 radical (unpaired) electrons. The highest BCUT2D eigenvalue weighted by molar-refractivity contribution is 6.00. The van der Waals surface area contributed by atoms with Crippen LogP contribution in [0.2, 0.25) is 0 Å². The molecule has 1 atom stereocenters. The molecular weight excluding hydrogens is 364 g/mol. The lowest BCUT2D eigenvalue weighted by Gasteiger charge is -2.26. The Morgan fingerprint density at radius 3 is 2.55 bits per heavy atom. The monoisotopic (exact) mass is 386 g/mol. The fourth-order valence-electron chi connectivity index (χ4n) is 3.46. The minimum Gasteiger partial charge on any atom is -0.496 e. The van der Waals surface area contributed by atoms with E-state index in [1.807, 2.05) is 67.6 Å². The van der Waals surface area contributed by atoms with Crippen molar-refractivity contribution in [2.45, 2.75) is 13.0 Å². The van der Waals surface area contributed by atoms with Crippen LogP contribution < -0.4 is 4.74 Å². The van der Waals surface area contributed by atoms with Crippen LogP contribution in [-0.2, 0) is 0 Å². The average molecular weight is 386 g/mol. The lowest BCUT2D eigenvalue weighted by atomic mass is 10.1. The first-order valence-corrected chi connectivity index (χ1v) is 9.40. The van der Waals surface area contributed by atoms with E-state index >= 15 is 0 Å². The van der Waals surface area contributed by atoms with Crippen molar-refractivity contribution < 1.29 is 9.53 Å². The zero-order valence-corrected chi connectivity index (χ0v) is 16.6. The number of para-hydroxylation sites is 1. The summed E-state index contributed by atoms with van der Waals surface area (Å²) in [7, 11) is 3.41. The first kappa shape index (κ1) is 18.7. The molecule has 0 spiro atoms. The van der Waals surface area contributed by atoms with Gasteiger partial charge in [-0.15, -0.1) is 0 Å². The van der Waals surface area contributed by atoms with E-state index in [9.17, 15) is 4.79 Å². The van der Waals surface area contributed by atoms with E-state index in [4.69, 9.17) is 4.74 Å². The molecule has 146 valence electrons. The molecule has 0 fully saturated rings. The second-order valence-corrected chi connectivity index (χ2v) is 6.82. The highest BCUT2D eigenvalue weighted by Crippen LogP contribution is 2.29. The Kier molecular flexibility index (Phi) is 4.99. The summed E-state index contributed by atoms with van der Waals surface area (Å²) in [5, 5.41) is 4.45. The van der Waals surface area contributed by atoms with E-state index < -0.39 is 0 Å². The molecule has 1 unspecified atom stereocenters. The van der Waals surface area contributed by atoms with Crippen molar-refractivity contribution >= 4 is 11.6 Å². The third kappa shape index (κ3) is 3.33. The Balaban J connectivity index is 1.71. The minimum absolute atomic E-state index is 0.142. The molecule has 4 aromatic rings. The van der Waals surface area contributed by atoms with E-state index in [2.05, 4.69) is 10.1 Å². The van der Waals surface area contributed by atoms with Gasteiger partial charge in [-0.3, -0.25) is 4.79 Å². The summed E-state index contributed by atoms with van der Waals surface area (Å²) in [5.41, 5.74) is 3.84. The number of benzene rings is 2. The number of hydrogen-bond donors (Lipinski definition) is 0. The summed E-state index contributed by atoms with van der Waals surface area (Å²) in [6.45, 7) is 1.98. The fraction of sp³-hybridized carbons (Fsp3) is 0.174. The topological polar surface area (TPSA) is 59.7 Å². The summed E-state index contributed by atoms with van der Waals surface area (Å²) < 4.78 is 7.17. The molecular formula is C23H22N4O2. The lowest BCUT2D eigenvalue weighted by Crippen LogP contribution is -2.30. The molecule has 4 rings (SSSR count). The molecule has 0 N–H and O–H groups in total. The molecule has 0 aliphatic carbocycles. The SMILES string of the molecule is COc1ccccc1C(C)N(C)C(=O)c1cnn2c(-c3ccccc3)ccnc12. The molecule has 0 aliphatic rings. The van der Waals surface area contributed by atoms with E-state index in [0.29, 0.717) is 11.2 Å².